The summed E-state index contributed by atoms with van der Waals surface area (Å²) in [6.07, 6.45) is 12.2. The monoisotopic (exact) mass is 358 g/mol. The third-order valence-corrected chi connectivity index (χ3v) is 4.28. The van der Waals surface area contributed by atoms with Gasteiger partial charge < -0.3 is 4.90 Å². The van der Waals surface area contributed by atoms with Crippen LogP contribution in [0.25, 0.3) is 18.2 Å². The lowest BCUT2D eigenvalue weighted by molar-refractivity contribution is 0.418. The van der Waals surface area contributed by atoms with Gasteiger partial charge in [0.2, 0.25) is 0 Å². The fourth-order valence-electron chi connectivity index (χ4n) is 2.35. The van der Waals surface area contributed by atoms with E-state index in [1.54, 1.807) is 0 Å². The molecule has 0 aromatic carbocycles. The van der Waals surface area contributed by atoms with E-state index in [1.165, 1.54) is 36.5 Å². The molecule has 0 radical (unpaired) electrons. The lowest BCUT2D eigenvalue weighted by Crippen LogP contribution is -2.37. The molecule has 0 saturated carbocycles. The average Bonchev–Trinajstić information content (AvgIpc) is 3.11. The third-order valence-electron chi connectivity index (χ3n) is 3.81. The molecule has 0 N–H and O–H groups in total. The van der Waals surface area contributed by atoms with Gasteiger partial charge in [-0.2, -0.15) is 0 Å². The molecule has 0 aliphatic carbocycles. The fraction of sp³-hybridized carbons (Fsp3) is 0.500. The summed E-state index contributed by atoms with van der Waals surface area (Å²) in [5.74, 6) is 5.36. The Hall–Kier alpha value is -1.42. The lowest BCUT2D eigenvalue weighted by Gasteiger charge is -2.01. The first-order chi connectivity index (χ1) is 12.0. The highest BCUT2D eigenvalue weighted by atomic mass is 31.0. The predicted octanol–water partition coefficient (Wildman–Crippen LogP) is 3.35. The maximum atomic E-state index is 4.57. The first-order valence-corrected chi connectivity index (χ1v) is 9.69. The number of rotatable bonds is 2. The van der Waals surface area contributed by atoms with Crippen LogP contribution in [0.15, 0.2) is 12.1 Å². The number of aromatic nitrogens is 1. The molecule has 1 saturated heterocycles. The number of allylic oxidation sites excluding steroid dienone is 1. The van der Waals surface area contributed by atoms with Gasteiger partial charge in [0.15, 0.2) is 0 Å². The third kappa shape index (κ3) is 10.2. The molecule has 0 amide bonds. The van der Waals surface area contributed by atoms with Crippen molar-refractivity contribution in [1.82, 2.24) is 9.88 Å². The lowest BCUT2D eigenvalue weighted by atomic mass is 10.2. The Kier molecular flexibility index (Phi) is 14.0. The topological polar surface area (TPSA) is 16.1 Å². The molecular weight excluding hydrogens is 323 g/mol. The number of nitrogens with zero attached hydrogens (tertiary/aromatic N) is 2. The van der Waals surface area contributed by atoms with Crippen molar-refractivity contribution < 1.29 is 0 Å². The Morgan fingerprint density at radius 2 is 1.76 bits per heavy atom. The van der Waals surface area contributed by atoms with E-state index >= 15 is 0 Å². The Morgan fingerprint density at radius 1 is 1.16 bits per heavy atom. The van der Waals surface area contributed by atoms with E-state index in [4.69, 9.17) is 0 Å². The minimum Gasteiger partial charge on any atom is -0.306 e. The highest BCUT2D eigenvalue weighted by Gasteiger charge is 2.03. The van der Waals surface area contributed by atoms with Gasteiger partial charge in [-0.05, 0) is 84.5 Å². The zero-order chi connectivity index (χ0) is 19.1. The van der Waals surface area contributed by atoms with E-state index in [1.807, 2.05) is 33.8 Å². The molecule has 1 atom stereocenters. The van der Waals surface area contributed by atoms with Crippen LogP contribution in [-0.2, 0) is 0 Å². The maximum absolute atomic E-state index is 4.57. The molecule has 25 heavy (non-hydrogen) atoms. The highest BCUT2D eigenvalue weighted by Crippen LogP contribution is 2.02. The van der Waals surface area contributed by atoms with Crippen molar-refractivity contribution in [3.8, 4) is 11.8 Å². The zero-order valence-electron chi connectivity index (χ0n) is 16.9. The van der Waals surface area contributed by atoms with Crippen molar-refractivity contribution in [2.45, 2.75) is 53.9 Å². The van der Waals surface area contributed by atoms with Gasteiger partial charge in [0.25, 0.3) is 0 Å². The Bertz CT molecular complexity index is 681. The molecule has 1 aromatic rings. The summed E-state index contributed by atoms with van der Waals surface area (Å²) < 4.78 is 0. The minimum atomic E-state index is 1.03. The first kappa shape index (κ1) is 23.6. The van der Waals surface area contributed by atoms with Crippen LogP contribution in [0.4, 0.5) is 0 Å². The Balaban J connectivity index is 0.000000470. The quantitative estimate of drug-likeness (QED) is 0.595. The molecule has 3 heteroatoms. The van der Waals surface area contributed by atoms with Crippen LogP contribution < -0.4 is 15.9 Å². The number of pyridine rings is 1. The number of likely N-dealkylation sites (tertiary alicyclic amines) is 1. The van der Waals surface area contributed by atoms with Crippen LogP contribution in [0.5, 0.6) is 0 Å². The van der Waals surface area contributed by atoms with Crippen LogP contribution in [0.2, 0.25) is 0 Å². The molecular formula is C22H35N2P. The smallest absolute Gasteiger partial charge is 0.0669 e. The summed E-state index contributed by atoms with van der Waals surface area (Å²) >= 11 is 0. The molecule has 2 nitrogen and oxygen atoms in total. The Labute approximate surface area is 157 Å². The van der Waals surface area contributed by atoms with Gasteiger partial charge >= 0.3 is 0 Å². The van der Waals surface area contributed by atoms with Crippen molar-refractivity contribution in [3.63, 3.8) is 0 Å². The first-order valence-electron chi connectivity index (χ1n) is 9.11. The van der Waals surface area contributed by atoms with Gasteiger partial charge in [-0.1, -0.05) is 25.2 Å². The molecule has 1 aliphatic rings. The average molecular weight is 359 g/mol. The van der Waals surface area contributed by atoms with Crippen LogP contribution in [0.3, 0.4) is 0 Å². The van der Waals surface area contributed by atoms with Gasteiger partial charge in [0.05, 0.1) is 11.0 Å². The normalized spacial score (nSPS) is 15.2. The largest absolute Gasteiger partial charge is 0.306 e. The van der Waals surface area contributed by atoms with Gasteiger partial charge in [-0.25, -0.2) is 4.98 Å². The second-order valence-corrected chi connectivity index (χ2v) is 6.46. The van der Waals surface area contributed by atoms with Crippen LogP contribution in [-0.4, -0.2) is 30.0 Å². The molecule has 1 aliphatic heterocycles. The standard InChI is InChI=1S/C13H18NP.C5H11N.C4H6/c1-4-7-8-10-9-13(15)11(5-2)12(6-3)14-10;1-6-4-2-3-5-6;1-3-4-2/h5-9H,4,15H2,1-3H3;2-5H2,1H3;1-2H3/b8-7+,11-5+,12-6+;;. The summed E-state index contributed by atoms with van der Waals surface area (Å²) in [6.45, 7) is 12.5. The highest BCUT2D eigenvalue weighted by molar-refractivity contribution is 7.27. The summed E-state index contributed by atoms with van der Waals surface area (Å²) in [5.41, 5.74) is 1.03. The molecule has 2 heterocycles. The van der Waals surface area contributed by atoms with E-state index in [0.29, 0.717) is 0 Å². The maximum Gasteiger partial charge on any atom is 0.0669 e. The SMILES string of the molecule is C/C=c1/nc(/C=C/CC)cc(P)/c1=C/C.CC#CC.CN1CCCC1. The van der Waals surface area contributed by atoms with Gasteiger partial charge in [0, 0.05) is 5.22 Å². The number of hydrogen-bond donors (Lipinski definition) is 0. The second kappa shape index (κ2) is 14.9. The molecule has 138 valence electrons. The molecule has 0 spiro atoms. The van der Waals surface area contributed by atoms with Crippen molar-refractivity contribution in [2.24, 2.45) is 0 Å². The van der Waals surface area contributed by atoms with E-state index in [-0.39, 0.29) is 0 Å². The summed E-state index contributed by atoms with van der Waals surface area (Å²) in [5, 5.41) is 3.47. The Morgan fingerprint density at radius 3 is 2.12 bits per heavy atom. The summed E-state index contributed by atoms with van der Waals surface area (Å²) in [4.78, 5) is 6.93. The van der Waals surface area contributed by atoms with E-state index in [0.717, 1.165) is 17.5 Å². The van der Waals surface area contributed by atoms with Crippen LogP contribution in [0.1, 0.15) is 59.6 Å². The van der Waals surface area contributed by atoms with Gasteiger partial charge in [0.1, 0.15) is 0 Å². The second-order valence-electron chi connectivity index (χ2n) is 5.83. The summed E-state index contributed by atoms with van der Waals surface area (Å²) in [7, 11) is 4.94. The minimum absolute atomic E-state index is 1.03. The van der Waals surface area contributed by atoms with E-state index in [2.05, 4.69) is 69.2 Å². The van der Waals surface area contributed by atoms with Gasteiger partial charge in [-0.3, -0.25) is 0 Å². The van der Waals surface area contributed by atoms with Gasteiger partial charge in [-0.15, -0.1) is 21.1 Å². The molecule has 1 unspecified atom stereocenters. The van der Waals surface area contributed by atoms with Crippen molar-refractivity contribution in [2.75, 3.05) is 20.1 Å². The molecule has 1 fully saturated rings. The predicted molar refractivity (Wildman–Crippen MR) is 118 cm³/mol. The van der Waals surface area contributed by atoms with Crippen molar-refractivity contribution >= 4 is 32.8 Å². The zero-order valence-corrected chi connectivity index (χ0v) is 18.0. The van der Waals surface area contributed by atoms with Crippen LogP contribution in [0, 0.1) is 11.8 Å². The molecule has 0 bridgehead atoms. The van der Waals surface area contributed by atoms with Crippen LogP contribution >= 0.6 is 9.24 Å². The molecule has 2 rings (SSSR count). The number of hydrogen-bond acceptors (Lipinski definition) is 2. The van der Waals surface area contributed by atoms with Crippen molar-refractivity contribution in [1.29, 1.82) is 0 Å². The summed E-state index contributed by atoms with van der Waals surface area (Å²) in [6, 6.07) is 2.10. The van der Waals surface area contributed by atoms with E-state index in [9.17, 15) is 0 Å². The van der Waals surface area contributed by atoms with E-state index < -0.39 is 0 Å². The fourth-order valence-corrected chi connectivity index (χ4v) is 2.84. The molecule has 1 aromatic heterocycles. The van der Waals surface area contributed by atoms with Crippen molar-refractivity contribution in [3.05, 3.63) is 28.4 Å².